The zero-order chi connectivity index (χ0) is 39.3. The van der Waals surface area contributed by atoms with Gasteiger partial charge in [-0.05, 0) is 57.6 Å². The number of alkyl halides is 3. The Bertz CT molecular complexity index is 2180. The SMILES string of the molecule is Cc1cc(C(=O)N[C@H]2CCCCCC=C[C@@H]3C[C@@]3(C(=O)NS(=O)(=O)C3CC3)NC(=O)[C@@H]3C[C@@H](Oc4nc5c(F)cccc5nc4C(F)(F)F)CN3C2=O)no1. The summed E-state index contributed by atoms with van der Waals surface area (Å²) in [5.74, 6) is -5.69. The molecule has 0 radical (unpaired) electrons. The van der Waals surface area contributed by atoms with Crippen LogP contribution in [0.25, 0.3) is 11.0 Å². The highest BCUT2D eigenvalue weighted by Crippen LogP contribution is 2.46. The van der Waals surface area contributed by atoms with Gasteiger partial charge in [0.25, 0.3) is 11.8 Å². The van der Waals surface area contributed by atoms with E-state index in [1.54, 1.807) is 13.0 Å². The zero-order valence-corrected chi connectivity index (χ0v) is 30.2. The van der Waals surface area contributed by atoms with Crippen molar-refractivity contribution in [2.45, 2.75) is 99.9 Å². The second-order valence-corrected chi connectivity index (χ2v) is 16.3. The number of fused-ring (bicyclic) bond motifs is 3. The molecular formula is C35H37F4N7O8S. The Morgan fingerprint density at radius 1 is 1.11 bits per heavy atom. The molecule has 15 nitrogen and oxygen atoms in total. The van der Waals surface area contributed by atoms with Gasteiger partial charge in [-0.1, -0.05) is 36.2 Å². The molecule has 3 N–H and O–H groups in total. The number of allylic oxidation sites excluding steroid dienone is 1. The molecule has 7 rings (SSSR count). The molecule has 2 aliphatic carbocycles. The van der Waals surface area contributed by atoms with Crippen LogP contribution < -0.4 is 20.1 Å². The number of carbonyl (C=O) groups is 4. The molecule has 55 heavy (non-hydrogen) atoms. The van der Waals surface area contributed by atoms with E-state index in [2.05, 4.69) is 30.5 Å². The normalized spacial score (nSPS) is 26.3. The van der Waals surface area contributed by atoms with Crippen LogP contribution in [0.2, 0.25) is 0 Å². The maximum absolute atomic E-state index is 14.7. The Hall–Kier alpha value is -5.14. The summed E-state index contributed by atoms with van der Waals surface area (Å²) in [5, 5.41) is 8.26. The lowest BCUT2D eigenvalue weighted by Crippen LogP contribution is -2.58. The summed E-state index contributed by atoms with van der Waals surface area (Å²) in [6, 6.07) is 1.95. The van der Waals surface area contributed by atoms with E-state index in [-0.39, 0.29) is 24.1 Å². The number of hydrogen-bond donors (Lipinski definition) is 3. The monoisotopic (exact) mass is 791 g/mol. The van der Waals surface area contributed by atoms with Gasteiger partial charge in [-0.3, -0.25) is 23.9 Å². The highest BCUT2D eigenvalue weighted by atomic mass is 32.2. The number of benzene rings is 1. The molecule has 4 aliphatic rings. The first-order valence-corrected chi connectivity index (χ1v) is 19.4. The van der Waals surface area contributed by atoms with Crippen LogP contribution in [0.4, 0.5) is 17.6 Å². The van der Waals surface area contributed by atoms with E-state index in [9.17, 15) is 45.2 Å². The number of nitrogens with zero attached hydrogens (tertiary/aromatic N) is 4. The highest BCUT2D eigenvalue weighted by molar-refractivity contribution is 7.91. The predicted octanol–water partition coefficient (Wildman–Crippen LogP) is 3.23. The molecule has 0 bridgehead atoms. The van der Waals surface area contributed by atoms with Crippen molar-refractivity contribution in [3.63, 3.8) is 0 Å². The Labute approximate surface area is 311 Å². The van der Waals surface area contributed by atoms with E-state index in [1.807, 2.05) is 6.08 Å². The zero-order valence-electron chi connectivity index (χ0n) is 29.4. The molecule has 4 heterocycles. The van der Waals surface area contributed by atoms with Crippen molar-refractivity contribution < 1.29 is 54.4 Å². The number of hydrogen-bond acceptors (Lipinski definition) is 11. The fourth-order valence-electron chi connectivity index (χ4n) is 7.01. The minimum Gasteiger partial charge on any atom is -0.471 e. The first-order chi connectivity index (χ1) is 26.1. The van der Waals surface area contributed by atoms with E-state index in [0.29, 0.717) is 44.3 Å². The summed E-state index contributed by atoms with van der Waals surface area (Å²) in [6.07, 6.45) is -0.0652. The number of amides is 4. The topological polar surface area (TPSA) is 203 Å². The lowest BCUT2D eigenvalue weighted by atomic mass is 10.0. The van der Waals surface area contributed by atoms with Crippen LogP contribution in [0.5, 0.6) is 5.88 Å². The van der Waals surface area contributed by atoms with Crippen molar-refractivity contribution in [1.29, 1.82) is 0 Å². The largest absolute Gasteiger partial charge is 0.471 e. The van der Waals surface area contributed by atoms with Crippen LogP contribution in [-0.4, -0.2) is 87.6 Å². The molecule has 1 aromatic carbocycles. The van der Waals surface area contributed by atoms with E-state index >= 15 is 0 Å². The van der Waals surface area contributed by atoms with Crippen molar-refractivity contribution in [3.8, 4) is 5.88 Å². The van der Waals surface area contributed by atoms with Crippen molar-refractivity contribution >= 4 is 44.7 Å². The minimum atomic E-state index is -5.09. The lowest BCUT2D eigenvalue weighted by Gasteiger charge is -2.29. The molecule has 4 amide bonds. The van der Waals surface area contributed by atoms with Gasteiger partial charge >= 0.3 is 6.18 Å². The molecule has 5 atom stereocenters. The number of para-hydroxylation sites is 1. The molecule has 2 aromatic heterocycles. The highest BCUT2D eigenvalue weighted by Gasteiger charge is 2.62. The molecule has 3 aromatic rings. The fourth-order valence-corrected chi connectivity index (χ4v) is 8.37. The molecule has 0 spiro atoms. The molecule has 0 unspecified atom stereocenters. The van der Waals surface area contributed by atoms with Crippen molar-refractivity contribution in [2.24, 2.45) is 5.92 Å². The minimum absolute atomic E-state index is 0.0465. The van der Waals surface area contributed by atoms with Crippen molar-refractivity contribution in [3.05, 3.63) is 59.4 Å². The van der Waals surface area contributed by atoms with E-state index in [4.69, 9.17) is 9.26 Å². The quantitative estimate of drug-likeness (QED) is 0.234. The van der Waals surface area contributed by atoms with Gasteiger partial charge in [-0.2, -0.15) is 13.2 Å². The fraction of sp³-hybridized carbons (Fsp3) is 0.514. The number of sulfonamides is 1. The molecular weight excluding hydrogens is 754 g/mol. The molecule has 2 aliphatic heterocycles. The van der Waals surface area contributed by atoms with Gasteiger partial charge in [-0.25, -0.2) is 22.8 Å². The smallest absolute Gasteiger partial charge is 0.438 e. The third-order valence-electron chi connectivity index (χ3n) is 10.2. The Balaban J connectivity index is 1.23. The maximum Gasteiger partial charge on any atom is 0.438 e. The molecule has 294 valence electrons. The summed E-state index contributed by atoms with van der Waals surface area (Å²) in [5.41, 5.74) is -4.25. The summed E-state index contributed by atoms with van der Waals surface area (Å²) in [4.78, 5) is 63.9. The third-order valence-corrected chi connectivity index (χ3v) is 12.0. The van der Waals surface area contributed by atoms with Gasteiger partial charge < -0.3 is 24.8 Å². The van der Waals surface area contributed by atoms with Crippen LogP contribution >= 0.6 is 0 Å². The summed E-state index contributed by atoms with van der Waals surface area (Å²) >= 11 is 0. The average molecular weight is 792 g/mol. The van der Waals surface area contributed by atoms with E-state index in [0.717, 1.165) is 17.0 Å². The average Bonchev–Trinajstić information content (AvgIpc) is 4.01. The second kappa shape index (κ2) is 14.5. The van der Waals surface area contributed by atoms with Gasteiger partial charge in [0.15, 0.2) is 11.5 Å². The van der Waals surface area contributed by atoms with E-state index in [1.165, 1.54) is 12.1 Å². The van der Waals surface area contributed by atoms with Gasteiger partial charge in [0, 0.05) is 18.4 Å². The molecule has 20 heteroatoms. The molecule has 1 saturated heterocycles. The predicted molar refractivity (Wildman–Crippen MR) is 183 cm³/mol. The van der Waals surface area contributed by atoms with Gasteiger partial charge in [0.05, 0.1) is 17.3 Å². The summed E-state index contributed by atoms with van der Waals surface area (Å²) < 4.78 is 95.8. The number of aryl methyl sites for hydroxylation is 1. The number of carbonyl (C=O) groups excluding carboxylic acids is 4. The van der Waals surface area contributed by atoms with Crippen molar-refractivity contribution in [1.82, 2.24) is 35.4 Å². The molecule has 2 saturated carbocycles. The van der Waals surface area contributed by atoms with Crippen LogP contribution in [-0.2, 0) is 30.6 Å². The third kappa shape index (κ3) is 7.99. The maximum atomic E-state index is 14.7. The summed E-state index contributed by atoms with van der Waals surface area (Å²) in [7, 11) is -4.02. The van der Waals surface area contributed by atoms with Crippen molar-refractivity contribution in [2.75, 3.05) is 6.54 Å². The van der Waals surface area contributed by atoms with Crippen LogP contribution in [0.3, 0.4) is 0 Å². The van der Waals surface area contributed by atoms with Gasteiger partial charge in [0.1, 0.15) is 35.0 Å². The number of ether oxygens (including phenoxy) is 1. The van der Waals surface area contributed by atoms with Crippen LogP contribution in [0.1, 0.15) is 79.7 Å². The first-order valence-electron chi connectivity index (χ1n) is 17.9. The number of nitrogens with one attached hydrogen (secondary N) is 3. The van der Waals surface area contributed by atoms with E-state index < -0.39 is 111 Å². The number of aromatic nitrogens is 3. The van der Waals surface area contributed by atoms with Crippen LogP contribution in [0, 0.1) is 18.7 Å². The Morgan fingerprint density at radius 3 is 2.60 bits per heavy atom. The van der Waals surface area contributed by atoms with Crippen LogP contribution in [0.15, 0.2) is 40.9 Å². The molecule has 3 fully saturated rings. The Morgan fingerprint density at radius 2 is 1.89 bits per heavy atom. The summed E-state index contributed by atoms with van der Waals surface area (Å²) in [6.45, 7) is 1.08. The van der Waals surface area contributed by atoms with Gasteiger partial charge in [-0.15, -0.1) is 0 Å². The lowest BCUT2D eigenvalue weighted by molar-refractivity contribution is -0.143. The second-order valence-electron chi connectivity index (χ2n) is 14.3. The Kier molecular flexibility index (Phi) is 10.1. The number of halogens is 4. The van der Waals surface area contributed by atoms with Gasteiger partial charge in [0.2, 0.25) is 33.4 Å². The number of rotatable bonds is 7. The standard InChI is InChI=1S/C35H37F4N7O8S/c1-18-14-25(44-54-18)29(47)41-24-10-6-4-2-3-5-8-19-16-34(19,33(50)45-55(51,52)21-12-13-21)43-30(48)26-15-20(17-46(26)32(24)49)53-31-28(35(37,38)39)40-23-11-7-9-22(36)27(23)42-31/h5,7-9,11,14,19-21,24,26H,2-4,6,10,12-13,15-17H2,1H3,(H,41,47)(H,43,48)(H,45,50)/t19-,20-,24+,26+,34-/m1/s1. The first kappa shape index (κ1) is 38.1.